The van der Waals surface area contributed by atoms with E-state index in [-0.39, 0.29) is 24.8 Å². The Morgan fingerprint density at radius 3 is 2.12 bits per heavy atom. The lowest BCUT2D eigenvalue weighted by Crippen LogP contribution is -2.52. The fourth-order valence-electron chi connectivity index (χ4n) is 7.47. The molecule has 0 radical (unpaired) electrons. The number of rotatable bonds is 14. The third-order valence-electron chi connectivity index (χ3n) is 10.6. The van der Waals surface area contributed by atoms with Crippen LogP contribution in [0.4, 0.5) is 0 Å². The Kier molecular flexibility index (Phi) is 12.8. The van der Waals surface area contributed by atoms with Crippen molar-refractivity contribution in [3.63, 3.8) is 0 Å². The molecule has 1 aromatic heterocycles. The van der Waals surface area contributed by atoms with Crippen LogP contribution >= 0.6 is 0 Å². The van der Waals surface area contributed by atoms with Crippen LogP contribution in [0.5, 0.6) is 5.75 Å². The van der Waals surface area contributed by atoms with Gasteiger partial charge >= 0.3 is 5.97 Å². The second kappa shape index (κ2) is 17.4. The summed E-state index contributed by atoms with van der Waals surface area (Å²) in [5, 5.41) is 12.5. The quantitative estimate of drug-likeness (QED) is 0.183. The topological polar surface area (TPSA) is 122 Å². The number of carboxylic acids is 1. The average molecular weight is 681 g/mol. The first-order valence-electron chi connectivity index (χ1n) is 18.2. The van der Waals surface area contributed by atoms with E-state index in [4.69, 9.17) is 4.74 Å². The van der Waals surface area contributed by atoms with Gasteiger partial charge in [0.15, 0.2) is 5.82 Å². The number of carbonyl (C=O) groups is 3. The number of allylic oxidation sites excluding steroid dienone is 2. The number of aliphatic carboxylic acids is 1. The molecule has 2 atom stereocenters. The van der Waals surface area contributed by atoms with Gasteiger partial charge in [-0.2, -0.15) is 0 Å². The lowest BCUT2D eigenvalue weighted by Gasteiger charge is -2.35. The van der Waals surface area contributed by atoms with Crippen LogP contribution in [0.1, 0.15) is 88.8 Å². The first-order chi connectivity index (χ1) is 24.1. The standard InChI is InChI=1S/C41H52N4O5/c1-5-28-6-12-31(13-7-28)32-16-18-33(19-17-32)35-23-42-40(43-24-35)34-14-8-30(9-15-34)25-45(26-38(47)48)41(49)39(27(2)3)44-37(46)22-29-10-20-36(50-4)21-11-29/h8-11,14-15,18,20-21,23-24,27-28,31-32,39H,5-7,12-13,16-17,19,22,25-26H2,1-4H3,(H,44,46)(H,47,48). The average Bonchev–Trinajstić information content (AvgIpc) is 3.14. The number of nitrogens with one attached hydrogen (secondary N) is 1. The van der Waals surface area contributed by atoms with E-state index in [1.165, 1.54) is 49.0 Å². The maximum atomic E-state index is 13.7. The number of methoxy groups -OCH3 is 1. The minimum atomic E-state index is -1.13. The molecule has 1 saturated carbocycles. The van der Waals surface area contributed by atoms with Crippen molar-refractivity contribution in [3.8, 4) is 17.1 Å². The molecule has 50 heavy (non-hydrogen) atoms. The van der Waals surface area contributed by atoms with E-state index in [0.717, 1.165) is 52.8 Å². The molecule has 9 heteroatoms. The highest BCUT2D eigenvalue weighted by molar-refractivity contribution is 5.90. The summed E-state index contributed by atoms with van der Waals surface area (Å²) in [6.45, 7) is 5.58. The molecule has 1 fully saturated rings. The van der Waals surface area contributed by atoms with Gasteiger partial charge in [0.2, 0.25) is 11.8 Å². The number of hydrogen-bond acceptors (Lipinski definition) is 6. The molecule has 0 aliphatic heterocycles. The Morgan fingerprint density at radius 2 is 1.56 bits per heavy atom. The fraction of sp³-hybridized carbons (Fsp3) is 0.488. The molecule has 9 nitrogen and oxygen atoms in total. The molecule has 266 valence electrons. The lowest BCUT2D eigenvalue weighted by molar-refractivity contribution is -0.147. The molecular formula is C41H52N4O5. The summed E-state index contributed by atoms with van der Waals surface area (Å²) < 4.78 is 5.18. The number of benzene rings is 2. The second-order valence-electron chi connectivity index (χ2n) is 14.3. The Labute approximate surface area is 296 Å². The van der Waals surface area contributed by atoms with Gasteiger partial charge in [-0.15, -0.1) is 0 Å². The summed E-state index contributed by atoms with van der Waals surface area (Å²) in [6, 6.07) is 13.8. The first-order valence-corrected chi connectivity index (χ1v) is 18.2. The van der Waals surface area contributed by atoms with Gasteiger partial charge < -0.3 is 20.1 Å². The lowest BCUT2D eigenvalue weighted by atomic mass is 9.71. The zero-order valence-corrected chi connectivity index (χ0v) is 29.9. The molecule has 2 unspecified atom stereocenters. The molecule has 3 aromatic rings. The Balaban J connectivity index is 1.19. The van der Waals surface area contributed by atoms with Gasteiger partial charge in [-0.05, 0) is 84.6 Å². The molecule has 2 aliphatic carbocycles. The highest BCUT2D eigenvalue weighted by Crippen LogP contribution is 2.41. The third kappa shape index (κ3) is 9.79. The van der Waals surface area contributed by atoms with E-state index in [1.54, 1.807) is 31.4 Å². The van der Waals surface area contributed by atoms with E-state index in [0.29, 0.717) is 11.6 Å². The normalized spacial score (nSPS) is 19.7. The van der Waals surface area contributed by atoms with Gasteiger partial charge in [0.1, 0.15) is 18.3 Å². The monoisotopic (exact) mass is 680 g/mol. The molecule has 1 heterocycles. The van der Waals surface area contributed by atoms with Crippen LogP contribution in [0, 0.1) is 23.7 Å². The van der Waals surface area contributed by atoms with Crippen molar-refractivity contribution in [2.45, 2.75) is 91.1 Å². The number of amides is 2. The molecule has 5 rings (SSSR count). The molecule has 2 aliphatic rings. The number of carbonyl (C=O) groups excluding carboxylic acids is 2. The van der Waals surface area contributed by atoms with Crippen molar-refractivity contribution < 1.29 is 24.2 Å². The maximum absolute atomic E-state index is 13.7. The van der Waals surface area contributed by atoms with Crippen molar-refractivity contribution in [3.05, 3.63) is 83.7 Å². The summed E-state index contributed by atoms with van der Waals surface area (Å²) in [5.41, 5.74) is 4.79. The van der Waals surface area contributed by atoms with Gasteiger partial charge in [0.25, 0.3) is 0 Å². The Bertz CT molecular complexity index is 1610. The minimum Gasteiger partial charge on any atom is -0.497 e. The van der Waals surface area contributed by atoms with Crippen LogP contribution < -0.4 is 10.1 Å². The zero-order chi connectivity index (χ0) is 35.6. The molecule has 0 bridgehead atoms. The molecule has 2 N–H and O–H groups in total. The highest BCUT2D eigenvalue weighted by Gasteiger charge is 2.31. The number of ether oxygens (including phenoxy) is 1. The van der Waals surface area contributed by atoms with Crippen molar-refractivity contribution in [1.29, 1.82) is 0 Å². The maximum Gasteiger partial charge on any atom is 0.323 e. The van der Waals surface area contributed by atoms with Gasteiger partial charge in [-0.3, -0.25) is 14.4 Å². The van der Waals surface area contributed by atoms with Crippen LogP contribution in [-0.4, -0.2) is 57.5 Å². The molecule has 0 spiro atoms. The minimum absolute atomic E-state index is 0.0813. The molecular weight excluding hydrogens is 628 g/mol. The van der Waals surface area contributed by atoms with Gasteiger partial charge in [-0.1, -0.05) is 82.5 Å². The summed E-state index contributed by atoms with van der Waals surface area (Å²) >= 11 is 0. The van der Waals surface area contributed by atoms with Crippen LogP contribution in [0.3, 0.4) is 0 Å². The summed E-state index contributed by atoms with van der Waals surface area (Å²) in [7, 11) is 1.58. The number of hydrogen-bond donors (Lipinski definition) is 2. The largest absolute Gasteiger partial charge is 0.497 e. The smallest absolute Gasteiger partial charge is 0.323 e. The van der Waals surface area contributed by atoms with Crippen LogP contribution in [0.15, 0.2) is 67.0 Å². The molecule has 2 amide bonds. The fourth-order valence-corrected chi connectivity index (χ4v) is 7.47. The van der Waals surface area contributed by atoms with Gasteiger partial charge in [-0.25, -0.2) is 9.97 Å². The third-order valence-corrected chi connectivity index (χ3v) is 10.6. The predicted octanol–water partition coefficient (Wildman–Crippen LogP) is 7.35. The van der Waals surface area contributed by atoms with Crippen LogP contribution in [0.2, 0.25) is 0 Å². The van der Waals surface area contributed by atoms with Crippen molar-refractivity contribution in [2.75, 3.05) is 13.7 Å². The number of nitrogens with zero attached hydrogens (tertiary/aromatic N) is 3. The Hall–Kier alpha value is -4.53. The van der Waals surface area contributed by atoms with Crippen molar-refractivity contribution in [2.24, 2.45) is 23.7 Å². The SMILES string of the molecule is CCC1CCC(C2CC=C(c3cnc(-c4ccc(CN(CC(=O)O)C(=O)C(NC(=O)Cc5ccc(OC)cc5)C(C)C)cc4)nc3)CC2)CC1. The first kappa shape index (κ1) is 36.7. The number of carboxylic acid groups (broad SMARTS) is 1. The van der Waals surface area contributed by atoms with E-state index in [2.05, 4.69) is 28.3 Å². The van der Waals surface area contributed by atoms with Crippen LogP contribution in [-0.2, 0) is 27.3 Å². The zero-order valence-electron chi connectivity index (χ0n) is 29.9. The van der Waals surface area contributed by atoms with Crippen LogP contribution in [0.25, 0.3) is 17.0 Å². The highest BCUT2D eigenvalue weighted by atomic mass is 16.5. The van der Waals surface area contributed by atoms with E-state index < -0.39 is 24.5 Å². The summed E-state index contributed by atoms with van der Waals surface area (Å²) in [6.07, 6.45) is 16.7. The van der Waals surface area contributed by atoms with Gasteiger partial charge in [0.05, 0.1) is 13.5 Å². The number of aromatic nitrogens is 2. The summed E-state index contributed by atoms with van der Waals surface area (Å²) in [4.78, 5) is 49.0. The second-order valence-corrected chi connectivity index (χ2v) is 14.3. The molecule has 2 aromatic carbocycles. The summed E-state index contributed by atoms with van der Waals surface area (Å²) in [5.74, 6) is 1.77. The Morgan fingerprint density at radius 1 is 0.900 bits per heavy atom. The van der Waals surface area contributed by atoms with E-state index in [9.17, 15) is 19.5 Å². The van der Waals surface area contributed by atoms with Crippen molar-refractivity contribution in [1.82, 2.24) is 20.2 Å². The van der Waals surface area contributed by atoms with Gasteiger partial charge in [0, 0.05) is 30.1 Å². The van der Waals surface area contributed by atoms with Crippen molar-refractivity contribution >= 4 is 23.4 Å². The predicted molar refractivity (Wildman–Crippen MR) is 195 cm³/mol. The molecule has 0 saturated heterocycles. The van der Waals surface area contributed by atoms with E-state index >= 15 is 0 Å². The van der Waals surface area contributed by atoms with E-state index in [1.807, 2.05) is 50.5 Å².